The zero-order valence-electron chi connectivity index (χ0n) is 14.3. The number of carbonyl (C=O) groups is 1. The van der Waals surface area contributed by atoms with Crippen LogP contribution < -0.4 is 14.8 Å². The van der Waals surface area contributed by atoms with Crippen molar-refractivity contribution in [1.82, 2.24) is 0 Å². The lowest BCUT2D eigenvalue weighted by Gasteiger charge is -2.09. The van der Waals surface area contributed by atoms with Crippen LogP contribution in [-0.4, -0.2) is 31.7 Å². The highest BCUT2D eigenvalue weighted by Gasteiger charge is 2.30. The van der Waals surface area contributed by atoms with Gasteiger partial charge in [0.15, 0.2) is 6.61 Å². The third-order valence-electron chi connectivity index (χ3n) is 3.03. The van der Waals surface area contributed by atoms with Crippen LogP contribution in [0, 0.1) is 0 Å². The molecule has 6 nitrogen and oxygen atoms in total. The maximum absolute atomic E-state index is 12.1. The van der Waals surface area contributed by atoms with Gasteiger partial charge in [0, 0.05) is 5.69 Å². The summed E-state index contributed by atoms with van der Waals surface area (Å²) in [7, 11) is 0. The Kier molecular flexibility index (Phi) is 7.04. The van der Waals surface area contributed by atoms with E-state index >= 15 is 0 Å². The fourth-order valence-electron chi connectivity index (χ4n) is 1.95. The number of carbonyl (C=O) groups excluding carboxylic acids is 1. The van der Waals surface area contributed by atoms with Gasteiger partial charge in [-0.1, -0.05) is 5.16 Å². The number of oxime groups is 1. The van der Waals surface area contributed by atoms with Crippen LogP contribution in [0.4, 0.5) is 18.9 Å². The van der Waals surface area contributed by atoms with Crippen LogP contribution in [0.1, 0.15) is 12.5 Å². The molecule has 2 aromatic carbocycles. The smallest absolute Gasteiger partial charge is 0.494 e. The second kappa shape index (κ2) is 9.46. The van der Waals surface area contributed by atoms with Crippen LogP contribution in [0.15, 0.2) is 53.7 Å². The van der Waals surface area contributed by atoms with Crippen molar-refractivity contribution in [2.24, 2.45) is 5.16 Å². The Labute approximate surface area is 153 Å². The molecular formula is C18H17F3N2O4. The molecule has 0 aliphatic rings. The van der Waals surface area contributed by atoms with Gasteiger partial charge in [0.05, 0.1) is 12.8 Å². The minimum atomic E-state index is -4.76. The minimum Gasteiger partial charge on any atom is -0.494 e. The van der Waals surface area contributed by atoms with Gasteiger partial charge in [0.1, 0.15) is 11.5 Å². The molecule has 2 aromatic rings. The summed E-state index contributed by atoms with van der Waals surface area (Å²) in [6, 6.07) is 11.9. The maximum Gasteiger partial charge on any atom is 0.573 e. The van der Waals surface area contributed by atoms with Gasteiger partial charge < -0.3 is 19.6 Å². The highest BCUT2D eigenvalue weighted by Crippen LogP contribution is 2.23. The summed E-state index contributed by atoms with van der Waals surface area (Å²) in [5, 5.41) is 6.14. The van der Waals surface area contributed by atoms with Crippen LogP contribution >= 0.6 is 0 Å². The number of amides is 1. The fraction of sp³-hybridized carbons (Fsp3) is 0.222. The highest BCUT2D eigenvalue weighted by molar-refractivity contribution is 5.91. The van der Waals surface area contributed by atoms with Crippen LogP contribution in [-0.2, 0) is 9.63 Å². The largest absolute Gasteiger partial charge is 0.573 e. The molecule has 0 saturated carbocycles. The molecule has 0 unspecified atom stereocenters. The van der Waals surface area contributed by atoms with Crippen molar-refractivity contribution in [3.63, 3.8) is 0 Å². The van der Waals surface area contributed by atoms with Gasteiger partial charge in [0.2, 0.25) is 0 Å². The van der Waals surface area contributed by atoms with E-state index in [4.69, 9.17) is 9.57 Å². The van der Waals surface area contributed by atoms with E-state index in [2.05, 4.69) is 15.2 Å². The molecule has 1 N–H and O–H groups in total. The lowest BCUT2D eigenvalue weighted by molar-refractivity contribution is -0.274. The van der Waals surface area contributed by atoms with Crippen molar-refractivity contribution in [1.29, 1.82) is 0 Å². The van der Waals surface area contributed by atoms with E-state index in [0.29, 0.717) is 12.3 Å². The zero-order chi connectivity index (χ0) is 19.7. The van der Waals surface area contributed by atoms with E-state index in [0.717, 1.165) is 23.4 Å². The van der Waals surface area contributed by atoms with Gasteiger partial charge in [-0.3, -0.25) is 4.79 Å². The van der Waals surface area contributed by atoms with Crippen LogP contribution in [0.2, 0.25) is 0 Å². The van der Waals surface area contributed by atoms with Crippen LogP contribution in [0.25, 0.3) is 0 Å². The number of ether oxygens (including phenoxy) is 2. The van der Waals surface area contributed by atoms with E-state index in [1.165, 1.54) is 18.3 Å². The Morgan fingerprint density at radius 2 is 1.70 bits per heavy atom. The van der Waals surface area contributed by atoms with Crippen LogP contribution in [0.5, 0.6) is 11.5 Å². The molecule has 0 bridgehead atoms. The first-order valence-corrected chi connectivity index (χ1v) is 7.89. The van der Waals surface area contributed by atoms with E-state index in [-0.39, 0.29) is 12.4 Å². The third kappa shape index (κ3) is 7.68. The number of nitrogens with zero attached hydrogens (tertiary/aromatic N) is 1. The van der Waals surface area contributed by atoms with E-state index in [9.17, 15) is 18.0 Å². The van der Waals surface area contributed by atoms with Crippen molar-refractivity contribution in [2.45, 2.75) is 13.3 Å². The first kappa shape index (κ1) is 20.1. The predicted octanol–water partition coefficient (Wildman–Crippen LogP) is 3.97. The predicted molar refractivity (Wildman–Crippen MR) is 92.9 cm³/mol. The van der Waals surface area contributed by atoms with E-state index < -0.39 is 12.3 Å². The normalized spacial score (nSPS) is 11.3. The molecule has 0 fully saturated rings. The molecule has 2 rings (SSSR count). The molecule has 27 heavy (non-hydrogen) atoms. The SMILES string of the molecule is CCOc1ccc(/C=N\OCC(=O)Nc2ccc(OC(F)(F)F)cc2)cc1. The monoisotopic (exact) mass is 382 g/mol. The Balaban J connectivity index is 1.75. The Morgan fingerprint density at radius 3 is 2.30 bits per heavy atom. The second-order valence-corrected chi connectivity index (χ2v) is 5.13. The Hall–Kier alpha value is -3.23. The molecule has 0 spiro atoms. The lowest BCUT2D eigenvalue weighted by atomic mass is 10.2. The molecule has 0 atom stereocenters. The van der Waals surface area contributed by atoms with E-state index in [1.807, 2.05) is 6.92 Å². The third-order valence-corrected chi connectivity index (χ3v) is 3.03. The number of hydrogen-bond donors (Lipinski definition) is 1. The van der Waals surface area contributed by atoms with Gasteiger partial charge in [0.25, 0.3) is 5.91 Å². The lowest BCUT2D eigenvalue weighted by Crippen LogP contribution is -2.18. The summed E-state index contributed by atoms with van der Waals surface area (Å²) in [6.07, 6.45) is -3.33. The fourth-order valence-corrected chi connectivity index (χ4v) is 1.95. The molecule has 0 aliphatic carbocycles. The molecule has 0 aromatic heterocycles. The van der Waals surface area contributed by atoms with Gasteiger partial charge in [-0.15, -0.1) is 13.2 Å². The number of anilines is 1. The molecule has 1 amide bonds. The van der Waals surface area contributed by atoms with E-state index in [1.54, 1.807) is 24.3 Å². The number of hydrogen-bond acceptors (Lipinski definition) is 5. The second-order valence-electron chi connectivity index (χ2n) is 5.13. The standard InChI is InChI=1S/C18H17F3N2O4/c1-2-25-15-7-3-13(4-8-15)11-22-26-12-17(24)23-14-5-9-16(10-6-14)27-18(19,20)21/h3-11H,2,12H2,1H3,(H,23,24)/b22-11-. The van der Waals surface area contributed by atoms with Crippen molar-refractivity contribution in [3.8, 4) is 11.5 Å². The quantitative estimate of drug-likeness (QED) is 0.554. The summed E-state index contributed by atoms with van der Waals surface area (Å²) in [4.78, 5) is 16.6. The average molecular weight is 382 g/mol. The first-order valence-electron chi connectivity index (χ1n) is 7.89. The maximum atomic E-state index is 12.1. The molecule has 0 heterocycles. The summed E-state index contributed by atoms with van der Waals surface area (Å²) < 4.78 is 45.3. The number of rotatable bonds is 8. The van der Waals surface area contributed by atoms with Gasteiger partial charge >= 0.3 is 6.36 Å². The first-order chi connectivity index (χ1) is 12.9. The number of nitrogens with one attached hydrogen (secondary N) is 1. The van der Waals surface area contributed by atoms with Crippen molar-refractivity contribution < 1.29 is 32.3 Å². The van der Waals surface area contributed by atoms with Crippen LogP contribution in [0.3, 0.4) is 0 Å². The summed E-state index contributed by atoms with van der Waals surface area (Å²) in [5.41, 5.74) is 1.06. The molecular weight excluding hydrogens is 365 g/mol. The summed E-state index contributed by atoms with van der Waals surface area (Å²) >= 11 is 0. The van der Waals surface area contributed by atoms with Gasteiger partial charge in [-0.2, -0.15) is 0 Å². The topological polar surface area (TPSA) is 69.2 Å². The molecule has 0 saturated heterocycles. The molecule has 144 valence electrons. The van der Waals surface area contributed by atoms with Gasteiger partial charge in [-0.05, 0) is 61.0 Å². The molecule has 9 heteroatoms. The molecule has 0 aliphatic heterocycles. The summed E-state index contributed by atoms with van der Waals surface area (Å²) in [5.74, 6) is -0.151. The highest BCUT2D eigenvalue weighted by atomic mass is 19.4. The minimum absolute atomic E-state index is 0.300. The van der Waals surface area contributed by atoms with Crippen molar-refractivity contribution in [3.05, 3.63) is 54.1 Å². The number of alkyl halides is 3. The van der Waals surface area contributed by atoms with Crippen molar-refractivity contribution >= 4 is 17.8 Å². The number of benzene rings is 2. The average Bonchev–Trinajstić information content (AvgIpc) is 2.61. The molecule has 0 radical (unpaired) electrons. The Bertz CT molecular complexity index is 760. The zero-order valence-corrected chi connectivity index (χ0v) is 14.3. The number of halogens is 3. The van der Waals surface area contributed by atoms with Gasteiger partial charge in [-0.25, -0.2) is 0 Å². The summed E-state index contributed by atoms with van der Waals surface area (Å²) in [6.45, 7) is 2.11. The van der Waals surface area contributed by atoms with Crippen molar-refractivity contribution in [2.75, 3.05) is 18.5 Å². The Morgan fingerprint density at radius 1 is 1.07 bits per heavy atom.